The largest absolute Gasteiger partial charge is 0.352 e. The van der Waals surface area contributed by atoms with E-state index in [2.05, 4.69) is 28.4 Å². The minimum absolute atomic E-state index is 0.0797. The molecule has 6 nitrogen and oxygen atoms in total. The molecule has 0 spiro atoms. The number of likely N-dealkylation sites (tertiary alicyclic amines) is 1. The Morgan fingerprint density at radius 1 is 1.33 bits per heavy atom. The van der Waals surface area contributed by atoms with E-state index in [1.807, 2.05) is 0 Å². The highest BCUT2D eigenvalue weighted by Gasteiger charge is 2.17. The summed E-state index contributed by atoms with van der Waals surface area (Å²) in [5, 5.41) is 2.88. The van der Waals surface area contributed by atoms with Crippen LogP contribution in [0.3, 0.4) is 0 Å². The number of rotatable bonds is 10. The van der Waals surface area contributed by atoms with Crippen LogP contribution >= 0.6 is 0 Å². The molecule has 0 aliphatic carbocycles. The van der Waals surface area contributed by atoms with Crippen LogP contribution in [0.1, 0.15) is 49.4 Å². The van der Waals surface area contributed by atoms with Crippen molar-refractivity contribution < 1.29 is 13.2 Å². The molecular formula is C20H31N3O3S. The quantitative estimate of drug-likeness (QED) is 0.473. The predicted octanol–water partition coefficient (Wildman–Crippen LogP) is 2.54. The van der Waals surface area contributed by atoms with Gasteiger partial charge >= 0.3 is 0 Å². The number of hydrogen-bond acceptors (Lipinski definition) is 4. The van der Waals surface area contributed by atoms with Gasteiger partial charge in [-0.1, -0.05) is 18.6 Å². The third-order valence-corrected chi connectivity index (χ3v) is 6.34. The molecular weight excluding hydrogens is 362 g/mol. The van der Waals surface area contributed by atoms with Gasteiger partial charge in [-0.25, -0.2) is 13.1 Å². The molecule has 1 heterocycles. The number of nitrogens with one attached hydrogen (secondary N) is 2. The number of carbonyl (C=O) groups is 1. The Hall–Kier alpha value is -1.70. The van der Waals surface area contributed by atoms with E-state index in [0.717, 1.165) is 19.4 Å². The molecule has 0 bridgehead atoms. The van der Waals surface area contributed by atoms with Gasteiger partial charge in [0.15, 0.2) is 0 Å². The van der Waals surface area contributed by atoms with Gasteiger partial charge in [0.1, 0.15) is 0 Å². The third kappa shape index (κ3) is 6.75. The van der Waals surface area contributed by atoms with Crippen LogP contribution in [0.5, 0.6) is 0 Å². The normalized spacial score (nSPS) is 18.2. The van der Waals surface area contributed by atoms with Gasteiger partial charge in [-0.15, -0.1) is 6.58 Å². The van der Waals surface area contributed by atoms with Gasteiger partial charge in [-0.3, -0.25) is 4.79 Å². The summed E-state index contributed by atoms with van der Waals surface area (Å²) in [5.74, 6) is -0.248. The summed E-state index contributed by atoms with van der Waals surface area (Å²) in [4.78, 5) is 14.9. The number of carbonyl (C=O) groups excluding carboxylic acids is 1. The number of piperidine rings is 1. The van der Waals surface area contributed by atoms with E-state index in [9.17, 15) is 13.2 Å². The van der Waals surface area contributed by atoms with Crippen LogP contribution in [0.25, 0.3) is 0 Å². The van der Waals surface area contributed by atoms with Gasteiger partial charge < -0.3 is 10.2 Å². The molecule has 1 aromatic carbocycles. The highest BCUT2D eigenvalue weighted by atomic mass is 32.2. The Labute approximate surface area is 163 Å². The van der Waals surface area contributed by atoms with Crippen LogP contribution < -0.4 is 10.0 Å². The fraction of sp³-hybridized carbons (Fsp3) is 0.550. The molecule has 0 saturated carbocycles. The second-order valence-electron chi connectivity index (χ2n) is 7.01. The molecule has 2 rings (SSSR count). The highest BCUT2D eigenvalue weighted by Crippen LogP contribution is 2.16. The summed E-state index contributed by atoms with van der Waals surface area (Å²) in [6.07, 6.45) is 7.31. The first-order valence-electron chi connectivity index (χ1n) is 9.67. The molecule has 150 valence electrons. The van der Waals surface area contributed by atoms with Crippen LogP contribution in [0.15, 0.2) is 41.8 Å². The number of amides is 1. The molecule has 1 saturated heterocycles. The molecule has 2 N–H and O–H groups in total. The summed E-state index contributed by atoms with van der Waals surface area (Å²) in [7, 11) is -3.63. The number of hydrogen-bond donors (Lipinski definition) is 2. The van der Waals surface area contributed by atoms with E-state index in [-0.39, 0.29) is 17.3 Å². The smallest absolute Gasteiger partial charge is 0.251 e. The minimum atomic E-state index is -3.63. The first kappa shape index (κ1) is 21.6. The fourth-order valence-corrected chi connectivity index (χ4v) is 4.33. The molecule has 1 aliphatic rings. The summed E-state index contributed by atoms with van der Waals surface area (Å²) < 4.78 is 26.7. The van der Waals surface area contributed by atoms with Crippen molar-refractivity contribution in [1.29, 1.82) is 0 Å². The van der Waals surface area contributed by atoms with Crippen LogP contribution in [0.4, 0.5) is 0 Å². The lowest BCUT2D eigenvalue weighted by Gasteiger charge is -2.33. The lowest BCUT2D eigenvalue weighted by Crippen LogP contribution is -2.38. The maximum atomic E-state index is 12.3. The average molecular weight is 394 g/mol. The van der Waals surface area contributed by atoms with E-state index in [0.29, 0.717) is 18.2 Å². The van der Waals surface area contributed by atoms with Crippen molar-refractivity contribution in [2.75, 3.05) is 26.2 Å². The third-order valence-electron chi connectivity index (χ3n) is 4.92. The van der Waals surface area contributed by atoms with Crippen molar-refractivity contribution in [3.8, 4) is 0 Å². The number of nitrogens with zero attached hydrogens (tertiary/aromatic N) is 1. The molecule has 0 aromatic heterocycles. The van der Waals surface area contributed by atoms with E-state index in [4.69, 9.17) is 0 Å². The topological polar surface area (TPSA) is 78.5 Å². The van der Waals surface area contributed by atoms with Gasteiger partial charge in [0.05, 0.1) is 4.90 Å². The summed E-state index contributed by atoms with van der Waals surface area (Å²) in [6, 6.07) is 6.73. The van der Waals surface area contributed by atoms with Crippen LogP contribution in [0.2, 0.25) is 0 Å². The maximum absolute atomic E-state index is 12.3. The van der Waals surface area contributed by atoms with Gasteiger partial charge in [0.2, 0.25) is 10.0 Å². The first-order valence-corrected chi connectivity index (χ1v) is 11.2. The summed E-state index contributed by atoms with van der Waals surface area (Å²) in [5.41, 5.74) is 0.348. The Morgan fingerprint density at radius 3 is 2.89 bits per heavy atom. The molecule has 1 unspecified atom stereocenters. The van der Waals surface area contributed by atoms with Gasteiger partial charge in [-0.05, 0) is 63.9 Å². The monoisotopic (exact) mass is 393 g/mol. The standard InChI is InChI=1S/C20H31N3O3S/c1-3-12-22-27(25,26)19-11-8-10-18(16-19)20(24)21-13-5-7-15-23-14-6-4-9-17(23)2/h3,8,10-11,16-17,22H,1,4-7,9,12-15H2,2H3,(H,21,24). The van der Waals surface area contributed by atoms with E-state index >= 15 is 0 Å². The van der Waals surface area contributed by atoms with Crippen molar-refractivity contribution >= 4 is 15.9 Å². The molecule has 7 heteroatoms. The van der Waals surface area contributed by atoms with Crippen LogP contribution in [0, 0.1) is 0 Å². The zero-order chi connectivity index (χ0) is 19.7. The van der Waals surface area contributed by atoms with Crippen LogP contribution in [-0.4, -0.2) is 51.4 Å². The minimum Gasteiger partial charge on any atom is -0.352 e. The van der Waals surface area contributed by atoms with Crippen molar-refractivity contribution in [3.05, 3.63) is 42.5 Å². The maximum Gasteiger partial charge on any atom is 0.251 e. The molecule has 1 aromatic rings. The van der Waals surface area contributed by atoms with E-state index in [1.165, 1.54) is 44.0 Å². The molecule has 0 radical (unpaired) electrons. The second-order valence-corrected chi connectivity index (χ2v) is 8.78. The Bertz CT molecular complexity index is 734. The Morgan fingerprint density at radius 2 is 2.15 bits per heavy atom. The van der Waals surface area contributed by atoms with Gasteiger partial charge in [-0.2, -0.15) is 0 Å². The number of benzene rings is 1. The fourth-order valence-electron chi connectivity index (χ4n) is 3.29. The van der Waals surface area contributed by atoms with E-state index < -0.39 is 10.0 Å². The van der Waals surface area contributed by atoms with Crippen molar-refractivity contribution in [2.24, 2.45) is 0 Å². The average Bonchev–Trinajstić information content (AvgIpc) is 2.67. The summed E-state index contributed by atoms with van der Waals surface area (Å²) >= 11 is 0. The van der Waals surface area contributed by atoms with Gasteiger partial charge in [0.25, 0.3) is 5.91 Å². The molecule has 1 aliphatic heterocycles. The molecule has 1 atom stereocenters. The number of unbranched alkanes of at least 4 members (excludes halogenated alkanes) is 1. The van der Waals surface area contributed by atoms with E-state index in [1.54, 1.807) is 12.1 Å². The lowest BCUT2D eigenvalue weighted by atomic mass is 10.0. The van der Waals surface area contributed by atoms with Gasteiger partial charge in [0, 0.05) is 24.7 Å². The number of sulfonamides is 1. The zero-order valence-electron chi connectivity index (χ0n) is 16.1. The Kier molecular flexibility index (Phi) is 8.47. The second kappa shape index (κ2) is 10.6. The highest BCUT2D eigenvalue weighted by molar-refractivity contribution is 7.89. The van der Waals surface area contributed by atoms with Crippen LogP contribution in [-0.2, 0) is 10.0 Å². The Balaban J connectivity index is 1.78. The molecule has 1 amide bonds. The SMILES string of the molecule is C=CCNS(=O)(=O)c1cccc(C(=O)NCCCCN2CCCCC2C)c1. The predicted molar refractivity (Wildman–Crippen MR) is 108 cm³/mol. The zero-order valence-corrected chi connectivity index (χ0v) is 16.9. The molecule has 27 heavy (non-hydrogen) atoms. The summed E-state index contributed by atoms with van der Waals surface area (Å²) in [6.45, 7) is 8.76. The van der Waals surface area contributed by atoms with Crippen molar-refractivity contribution in [1.82, 2.24) is 14.9 Å². The van der Waals surface area contributed by atoms with Crippen molar-refractivity contribution in [2.45, 2.75) is 50.0 Å². The van der Waals surface area contributed by atoms with Crippen molar-refractivity contribution in [3.63, 3.8) is 0 Å². The first-order chi connectivity index (χ1) is 12.9. The molecule has 1 fully saturated rings. The lowest BCUT2D eigenvalue weighted by molar-refractivity contribution is 0.0951.